The number of likely N-dealkylation sites (N-methyl/N-ethyl adjacent to an activating group) is 2. The van der Waals surface area contributed by atoms with Crippen molar-refractivity contribution < 1.29 is 38.2 Å². The number of benzene rings is 1. The second-order valence-electron chi connectivity index (χ2n) is 13.5. The Hall–Kier alpha value is -3.55. The molecule has 3 N–H and O–H groups in total. The van der Waals surface area contributed by atoms with Gasteiger partial charge in [-0.05, 0) is 45.2 Å². The van der Waals surface area contributed by atoms with Gasteiger partial charge < -0.3 is 40.0 Å². The van der Waals surface area contributed by atoms with E-state index in [1.165, 1.54) is 21.3 Å². The van der Waals surface area contributed by atoms with E-state index in [9.17, 15) is 24.0 Å². The first-order chi connectivity index (χ1) is 23.2. The van der Waals surface area contributed by atoms with E-state index in [1.54, 1.807) is 44.7 Å². The molecule has 1 aliphatic heterocycles. The number of esters is 1. The number of amides is 4. The molecule has 1 aromatic rings. The molecule has 0 saturated carbocycles. The molecular weight excluding hydrogens is 630 g/mol. The average molecular weight is 690 g/mol. The Bertz CT molecular complexity index is 1250. The molecular formula is C36H59N5O8. The first-order valence-electron chi connectivity index (χ1n) is 17.2. The van der Waals surface area contributed by atoms with Gasteiger partial charge in [0.2, 0.25) is 23.6 Å². The van der Waals surface area contributed by atoms with Gasteiger partial charge in [-0.2, -0.15) is 0 Å². The van der Waals surface area contributed by atoms with Gasteiger partial charge in [-0.15, -0.1) is 0 Å². The minimum atomic E-state index is -0.885. The molecule has 0 aliphatic carbocycles. The number of hydrogen-bond acceptors (Lipinski definition) is 9. The zero-order chi connectivity index (χ0) is 36.9. The van der Waals surface area contributed by atoms with E-state index in [1.807, 2.05) is 44.2 Å². The molecule has 7 atom stereocenters. The fraction of sp³-hybridized carbons (Fsp3) is 0.694. The lowest BCUT2D eigenvalue weighted by Gasteiger charge is -2.39. The second kappa shape index (κ2) is 19.6. The first kappa shape index (κ1) is 41.6. The first-order valence-corrected chi connectivity index (χ1v) is 17.2. The van der Waals surface area contributed by atoms with Crippen molar-refractivity contribution in [3.8, 4) is 0 Å². The second-order valence-corrected chi connectivity index (χ2v) is 13.5. The van der Waals surface area contributed by atoms with Gasteiger partial charge in [0.1, 0.15) is 6.04 Å². The predicted molar refractivity (Wildman–Crippen MR) is 186 cm³/mol. The van der Waals surface area contributed by atoms with Crippen molar-refractivity contribution in [3.05, 3.63) is 35.9 Å². The molecule has 1 aliphatic rings. The van der Waals surface area contributed by atoms with Crippen LogP contribution in [0, 0.1) is 11.8 Å². The molecule has 2 rings (SSSR count). The highest BCUT2D eigenvalue weighted by Gasteiger charge is 2.42. The number of carbonyl (C=O) groups is 5. The maximum Gasteiger partial charge on any atom is 0.328 e. The van der Waals surface area contributed by atoms with E-state index >= 15 is 0 Å². The molecule has 0 spiro atoms. The van der Waals surface area contributed by atoms with Crippen molar-refractivity contribution in [2.45, 2.75) is 103 Å². The largest absolute Gasteiger partial charge is 0.467 e. The number of carbonyl (C=O) groups excluding carboxylic acids is 5. The average Bonchev–Trinajstić information content (AvgIpc) is 3.59. The van der Waals surface area contributed by atoms with Gasteiger partial charge in [0.25, 0.3) is 0 Å². The third kappa shape index (κ3) is 11.2. The van der Waals surface area contributed by atoms with Crippen LogP contribution in [0.4, 0.5) is 0 Å². The van der Waals surface area contributed by atoms with Crippen molar-refractivity contribution in [2.24, 2.45) is 11.8 Å². The van der Waals surface area contributed by atoms with E-state index in [0.717, 1.165) is 18.4 Å². The van der Waals surface area contributed by atoms with Crippen molar-refractivity contribution in [1.29, 1.82) is 0 Å². The molecule has 1 saturated heterocycles. The summed E-state index contributed by atoms with van der Waals surface area (Å²) in [5, 5.41) is 8.47. The summed E-state index contributed by atoms with van der Waals surface area (Å²) in [6.07, 6.45) is 1.13. The Morgan fingerprint density at radius 1 is 1.04 bits per heavy atom. The highest BCUT2D eigenvalue weighted by molar-refractivity contribution is 5.90. The summed E-state index contributed by atoms with van der Waals surface area (Å²) in [7, 11) is 7.68. The molecule has 7 unspecified atom stereocenters. The van der Waals surface area contributed by atoms with Gasteiger partial charge >= 0.3 is 5.97 Å². The van der Waals surface area contributed by atoms with Crippen molar-refractivity contribution >= 4 is 29.6 Å². The number of ether oxygens (including phenoxy) is 3. The van der Waals surface area contributed by atoms with Crippen LogP contribution in [0.15, 0.2) is 30.3 Å². The maximum absolute atomic E-state index is 14.0. The third-order valence-corrected chi connectivity index (χ3v) is 9.98. The van der Waals surface area contributed by atoms with Crippen LogP contribution in [0.3, 0.4) is 0 Å². The predicted octanol–water partition coefficient (Wildman–Crippen LogP) is 1.92. The van der Waals surface area contributed by atoms with Gasteiger partial charge in [0, 0.05) is 34.2 Å². The van der Waals surface area contributed by atoms with Gasteiger partial charge in [-0.3, -0.25) is 19.2 Å². The number of rotatable bonds is 19. The number of nitrogens with one attached hydrogen (secondary N) is 3. The van der Waals surface area contributed by atoms with Crippen LogP contribution < -0.4 is 16.0 Å². The zero-order valence-electron chi connectivity index (χ0n) is 31.0. The number of likely N-dealkylation sites (tertiary alicyclic amines) is 1. The van der Waals surface area contributed by atoms with Crippen molar-refractivity contribution in [3.63, 3.8) is 0 Å². The molecule has 1 heterocycles. The molecule has 0 radical (unpaired) electrons. The number of nitrogens with zero attached hydrogens (tertiary/aromatic N) is 2. The standard InChI is InChI=1S/C36H59N5O8/c1-11-23(2)31(40(7)30(43)22-38-35(46)36(4,5)37-6)28(47-8)21-29(42)41-19-15-18-27(41)32(48-9)24(3)33(44)39-26(34(45)49-10)20-25-16-13-12-14-17-25/h12-14,16-17,23-24,26-28,31-32,37H,11,15,18-22H2,1-10H3,(H,38,46)(H,39,44). The van der Waals surface area contributed by atoms with Gasteiger partial charge in [-0.25, -0.2) is 4.79 Å². The molecule has 1 aromatic carbocycles. The van der Waals surface area contributed by atoms with Crippen LogP contribution in [-0.4, -0.2) is 124 Å². The number of hydrogen-bond donors (Lipinski definition) is 3. The molecule has 49 heavy (non-hydrogen) atoms. The lowest BCUT2D eigenvalue weighted by Crippen LogP contribution is -2.56. The lowest BCUT2D eigenvalue weighted by atomic mass is 9.90. The maximum atomic E-state index is 14.0. The SMILES string of the molecule is CCC(C)C(C(CC(=O)N1CCCC1C(OC)C(C)C(=O)NC(Cc1ccccc1)C(=O)OC)OC)N(C)C(=O)CNC(=O)C(C)(C)NC. The van der Waals surface area contributed by atoms with E-state index in [2.05, 4.69) is 16.0 Å². The normalized spacial score (nSPS) is 18.4. The van der Waals surface area contributed by atoms with Gasteiger partial charge in [-0.1, -0.05) is 57.5 Å². The van der Waals surface area contributed by atoms with E-state index in [4.69, 9.17) is 14.2 Å². The molecule has 0 aromatic heterocycles. The van der Waals surface area contributed by atoms with Crippen LogP contribution in [0.1, 0.15) is 65.9 Å². The molecule has 1 fully saturated rings. The monoisotopic (exact) mass is 689 g/mol. The van der Waals surface area contributed by atoms with Crippen LogP contribution in [0.2, 0.25) is 0 Å². The quantitative estimate of drug-likeness (QED) is 0.185. The molecule has 4 amide bonds. The topological polar surface area (TPSA) is 156 Å². The molecule has 13 nitrogen and oxygen atoms in total. The highest BCUT2D eigenvalue weighted by Crippen LogP contribution is 2.29. The Morgan fingerprint density at radius 3 is 2.24 bits per heavy atom. The van der Waals surface area contributed by atoms with Gasteiger partial charge in [0.05, 0.1) is 55.8 Å². The van der Waals surface area contributed by atoms with Gasteiger partial charge in [0.15, 0.2) is 0 Å². The van der Waals surface area contributed by atoms with Crippen LogP contribution >= 0.6 is 0 Å². The summed E-state index contributed by atoms with van der Waals surface area (Å²) < 4.78 is 16.7. The molecule has 276 valence electrons. The number of methoxy groups -OCH3 is 3. The summed E-state index contributed by atoms with van der Waals surface area (Å²) in [4.78, 5) is 69.3. The summed E-state index contributed by atoms with van der Waals surface area (Å²) in [5.74, 6) is -2.40. The van der Waals surface area contributed by atoms with E-state index < -0.39 is 41.7 Å². The summed E-state index contributed by atoms with van der Waals surface area (Å²) in [6, 6.07) is 7.65. The highest BCUT2D eigenvalue weighted by atomic mass is 16.5. The van der Waals surface area contributed by atoms with Crippen molar-refractivity contribution in [1.82, 2.24) is 25.8 Å². The Labute approximate surface area is 292 Å². The Balaban J connectivity index is 2.19. The lowest BCUT2D eigenvalue weighted by molar-refractivity contribution is -0.148. The Morgan fingerprint density at radius 2 is 1.69 bits per heavy atom. The van der Waals surface area contributed by atoms with Crippen LogP contribution in [-0.2, 0) is 44.6 Å². The third-order valence-electron chi connectivity index (χ3n) is 9.98. The van der Waals surface area contributed by atoms with Crippen LogP contribution in [0.25, 0.3) is 0 Å². The fourth-order valence-corrected chi connectivity index (χ4v) is 6.43. The minimum Gasteiger partial charge on any atom is -0.467 e. The Kier molecular flexibility index (Phi) is 16.6. The zero-order valence-corrected chi connectivity index (χ0v) is 31.0. The summed E-state index contributed by atoms with van der Waals surface area (Å²) in [6.45, 7) is 9.50. The smallest absolute Gasteiger partial charge is 0.328 e. The van der Waals surface area contributed by atoms with Crippen molar-refractivity contribution in [2.75, 3.05) is 48.5 Å². The van der Waals surface area contributed by atoms with E-state index in [0.29, 0.717) is 13.0 Å². The minimum absolute atomic E-state index is 0.0112. The van der Waals surface area contributed by atoms with Crippen LogP contribution in [0.5, 0.6) is 0 Å². The summed E-state index contributed by atoms with van der Waals surface area (Å²) >= 11 is 0. The molecule has 0 bridgehead atoms. The van der Waals surface area contributed by atoms with E-state index in [-0.39, 0.29) is 55.0 Å². The fourth-order valence-electron chi connectivity index (χ4n) is 6.43. The summed E-state index contributed by atoms with van der Waals surface area (Å²) in [5.41, 5.74) is 0.0338. The molecule has 13 heteroatoms.